The second-order valence-corrected chi connectivity index (χ2v) is 7.42. The van der Waals surface area contributed by atoms with Gasteiger partial charge in [0.15, 0.2) is 0 Å². The number of benzene rings is 1. The van der Waals surface area contributed by atoms with E-state index in [1.54, 1.807) is 13.3 Å². The third-order valence-corrected chi connectivity index (χ3v) is 5.36. The van der Waals surface area contributed by atoms with Gasteiger partial charge in [-0.05, 0) is 49.6 Å². The van der Waals surface area contributed by atoms with Gasteiger partial charge in [-0.15, -0.1) is 0 Å². The summed E-state index contributed by atoms with van der Waals surface area (Å²) in [7, 11) is 1.72. The molecule has 2 heterocycles. The van der Waals surface area contributed by atoms with Crippen molar-refractivity contribution in [1.82, 2.24) is 15.2 Å². The van der Waals surface area contributed by atoms with Gasteiger partial charge in [0.05, 0.1) is 12.8 Å². The van der Waals surface area contributed by atoms with Gasteiger partial charge < -0.3 is 15.0 Å². The van der Waals surface area contributed by atoms with Gasteiger partial charge in [-0.25, -0.2) is 0 Å². The van der Waals surface area contributed by atoms with Crippen LogP contribution in [0.1, 0.15) is 24.8 Å². The molecule has 0 saturated carbocycles. The van der Waals surface area contributed by atoms with Crippen molar-refractivity contribution in [3.05, 3.63) is 54.4 Å². The fourth-order valence-electron chi connectivity index (χ4n) is 3.72. The molecule has 6 nitrogen and oxygen atoms in total. The Hall–Kier alpha value is -2.60. The highest BCUT2D eigenvalue weighted by Crippen LogP contribution is 2.28. The Bertz CT molecular complexity index is 746. The quantitative estimate of drug-likeness (QED) is 0.626. The number of nitrogens with zero attached hydrogens (tertiary/aromatic N) is 3. The lowest BCUT2D eigenvalue weighted by molar-refractivity contribution is -0.121. The molecule has 0 spiro atoms. The molecule has 0 atom stereocenters. The second-order valence-electron chi connectivity index (χ2n) is 7.42. The van der Waals surface area contributed by atoms with E-state index in [4.69, 9.17) is 4.74 Å². The third kappa shape index (κ3) is 6.75. The highest BCUT2D eigenvalue weighted by molar-refractivity contribution is 5.75. The first kappa shape index (κ1) is 21.1. The van der Waals surface area contributed by atoms with Crippen LogP contribution in [0.15, 0.2) is 48.8 Å². The highest BCUT2D eigenvalue weighted by atomic mass is 16.5. The lowest BCUT2D eigenvalue weighted by Crippen LogP contribution is -2.47. The van der Waals surface area contributed by atoms with Gasteiger partial charge >= 0.3 is 0 Å². The minimum absolute atomic E-state index is 0.148. The lowest BCUT2D eigenvalue weighted by Gasteiger charge is -2.36. The first-order valence-electron chi connectivity index (χ1n) is 10.5. The molecule has 0 unspecified atom stereocenters. The van der Waals surface area contributed by atoms with Crippen LogP contribution in [0.5, 0.6) is 5.75 Å². The number of pyridine rings is 1. The number of aryl methyl sites for hydroxylation is 1. The van der Waals surface area contributed by atoms with Gasteiger partial charge in [0.1, 0.15) is 5.75 Å². The zero-order chi connectivity index (χ0) is 20.3. The molecule has 0 bridgehead atoms. The van der Waals surface area contributed by atoms with Crippen LogP contribution in [-0.2, 0) is 11.2 Å². The Morgan fingerprint density at radius 2 is 1.93 bits per heavy atom. The number of carbonyl (C=O) groups is 1. The number of hydrogen-bond acceptors (Lipinski definition) is 5. The van der Waals surface area contributed by atoms with Crippen LogP contribution in [0.4, 0.5) is 5.69 Å². The minimum Gasteiger partial charge on any atom is -0.495 e. The Morgan fingerprint density at radius 3 is 2.69 bits per heavy atom. The first-order valence-corrected chi connectivity index (χ1v) is 10.5. The van der Waals surface area contributed by atoms with Crippen LogP contribution in [0.3, 0.4) is 0 Å². The van der Waals surface area contributed by atoms with E-state index in [1.807, 2.05) is 24.4 Å². The molecule has 1 saturated heterocycles. The number of anilines is 1. The second kappa shape index (κ2) is 11.4. The summed E-state index contributed by atoms with van der Waals surface area (Å²) in [4.78, 5) is 21.0. The molecule has 3 rings (SSSR count). The molecule has 1 N–H and O–H groups in total. The molecule has 1 aromatic carbocycles. The van der Waals surface area contributed by atoms with Crippen LogP contribution in [0.25, 0.3) is 0 Å². The van der Waals surface area contributed by atoms with Gasteiger partial charge in [0, 0.05) is 51.5 Å². The smallest absolute Gasteiger partial charge is 0.220 e. The maximum atomic E-state index is 12.0. The van der Waals surface area contributed by atoms with Crippen molar-refractivity contribution < 1.29 is 9.53 Å². The zero-order valence-electron chi connectivity index (χ0n) is 17.3. The molecular formula is C23H32N4O2. The maximum Gasteiger partial charge on any atom is 0.220 e. The summed E-state index contributed by atoms with van der Waals surface area (Å²) < 4.78 is 5.48. The van der Waals surface area contributed by atoms with Crippen LogP contribution in [0.2, 0.25) is 0 Å². The van der Waals surface area contributed by atoms with Gasteiger partial charge in [-0.3, -0.25) is 14.7 Å². The predicted octanol–water partition coefficient (Wildman–Crippen LogP) is 2.74. The first-order chi connectivity index (χ1) is 14.3. The number of aromatic nitrogens is 1. The highest BCUT2D eigenvalue weighted by Gasteiger charge is 2.19. The number of ether oxygens (including phenoxy) is 1. The van der Waals surface area contributed by atoms with Gasteiger partial charge in [-0.2, -0.15) is 0 Å². The normalized spacial score (nSPS) is 14.6. The molecule has 0 aliphatic carbocycles. The number of hydrogen-bond donors (Lipinski definition) is 1. The third-order valence-electron chi connectivity index (χ3n) is 5.36. The Morgan fingerprint density at radius 1 is 1.10 bits per heavy atom. The Labute approximate surface area is 173 Å². The number of amides is 1. The van der Waals surface area contributed by atoms with E-state index in [0.717, 1.165) is 64.3 Å². The fourth-order valence-corrected chi connectivity index (χ4v) is 3.72. The van der Waals surface area contributed by atoms with Crippen molar-refractivity contribution in [3.63, 3.8) is 0 Å². The van der Waals surface area contributed by atoms with Gasteiger partial charge in [-0.1, -0.05) is 18.2 Å². The molecule has 1 aromatic heterocycles. The number of piperazine rings is 1. The summed E-state index contributed by atoms with van der Waals surface area (Å²) >= 11 is 0. The molecule has 0 radical (unpaired) electrons. The van der Waals surface area contributed by atoms with Crippen molar-refractivity contribution in [2.45, 2.75) is 25.7 Å². The number of nitrogens with one attached hydrogen (secondary N) is 1. The molecule has 1 aliphatic rings. The topological polar surface area (TPSA) is 57.7 Å². The molecule has 1 fully saturated rings. The van der Waals surface area contributed by atoms with Gasteiger partial charge in [0.25, 0.3) is 0 Å². The summed E-state index contributed by atoms with van der Waals surface area (Å²) in [6.07, 6.45) is 6.97. The van der Waals surface area contributed by atoms with E-state index in [9.17, 15) is 4.79 Å². The molecule has 1 amide bonds. The molecule has 156 valence electrons. The van der Waals surface area contributed by atoms with Crippen LogP contribution in [0, 0.1) is 0 Å². The van der Waals surface area contributed by atoms with Crippen LogP contribution >= 0.6 is 0 Å². The average Bonchev–Trinajstić information content (AvgIpc) is 2.78. The van der Waals surface area contributed by atoms with Crippen LogP contribution in [-0.4, -0.2) is 62.2 Å². The van der Waals surface area contributed by atoms with Crippen molar-refractivity contribution in [1.29, 1.82) is 0 Å². The zero-order valence-corrected chi connectivity index (χ0v) is 17.3. The largest absolute Gasteiger partial charge is 0.495 e. The minimum atomic E-state index is 0.148. The van der Waals surface area contributed by atoms with E-state index in [1.165, 1.54) is 11.3 Å². The molecule has 1 aliphatic heterocycles. The fraction of sp³-hybridized carbons (Fsp3) is 0.478. The monoisotopic (exact) mass is 396 g/mol. The molecular weight excluding hydrogens is 364 g/mol. The summed E-state index contributed by atoms with van der Waals surface area (Å²) in [5, 5.41) is 3.05. The number of methoxy groups -OCH3 is 1. The van der Waals surface area contributed by atoms with E-state index in [-0.39, 0.29) is 5.91 Å². The molecule has 29 heavy (non-hydrogen) atoms. The summed E-state index contributed by atoms with van der Waals surface area (Å²) in [6.45, 7) is 5.85. The van der Waals surface area contributed by atoms with E-state index in [0.29, 0.717) is 6.42 Å². The van der Waals surface area contributed by atoms with E-state index in [2.05, 4.69) is 38.3 Å². The number of carbonyl (C=O) groups excluding carboxylic acids is 1. The standard InChI is InChI=1S/C23H32N4O2/c1-29-22-10-3-2-9-21(22)27-17-15-26(16-18-27)14-6-13-25-23(28)11-4-7-20-8-5-12-24-19-20/h2-3,5,8-10,12,19H,4,6-7,11,13-18H2,1H3,(H,25,28). The summed E-state index contributed by atoms with van der Waals surface area (Å²) in [6, 6.07) is 12.2. The summed E-state index contributed by atoms with van der Waals surface area (Å²) in [5.41, 5.74) is 2.36. The van der Waals surface area contributed by atoms with Gasteiger partial charge in [0.2, 0.25) is 5.91 Å². The Kier molecular flexibility index (Phi) is 8.31. The van der Waals surface area contributed by atoms with Crippen molar-refractivity contribution >= 4 is 11.6 Å². The average molecular weight is 397 g/mol. The van der Waals surface area contributed by atoms with Crippen molar-refractivity contribution in [2.75, 3.05) is 51.3 Å². The molecule has 2 aromatic rings. The van der Waals surface area contributed by atoms with Crippen molar-refractivity contribution in [3.8, 4) is 5.75 Å². The maximum absolute atomic E-state index is 12.0. The Balaban J connectivity index is 1.26. The van der Waals surface area contributed by atoms with E-state index < -0.39 is 0 Å². The number of para-hydroxylation sites is 2. The molecule has 6 heteroatoms. The predicted molar refractivity (Wildman–Crippen MR) is 116 cm³/mol. The SMILES string of the molecule is COc1ccccc1N1CCN(CCCNC(=O)CCCc2cccnc2)CC1. The number of rotatable bonds is 10. The van der Waals surface area contributed by atoms with Crippen molar-refractivity contribution in [2.24, 2.45) is 0 Å². The van der Waals surface area contributed by atoms with Crippen LogP contribution < -0.4 is 15.0 Å². The van der Waals surface area contributed by atoms with E-state index >= 15 is 0 Å². The lowest BCUT2D eigenvalue weighted by atomic mass is 10.1. The summed E-state index contributed by atoms with van der Waals surface area (Å²) in [5.74, 6) is 1.09.